The molecule has 0 saturated carbocycles. The molecule has 0 fully saturated rings. The van der Waals surface area contributed by atoms with Gasteiger partial charge in [0.15, 0.2) is 11.2 Å². The highest BCUT2D eigenvalue weighted by molar-refractivity contribution is 5.73. The number of aryl methyl sites for hydroxylation is 1. The van der Waals surface area contributed by atoms with Crippen molar-refractivity contribution in [2.45, 2.75) is 20.0 Å². The monoisotopic (exact) mass is 420 g/mol. The predicted octanol–water partition coefficient (Wildman–Crippen LogP) is 2.36. The lowest BCUT2D eigenvalue weighted by atomic mass is 10.1. The average Bonchev–Trinajstić information content (AvgIpc) is 3.19. The Bertz CT molecular complexity index is 1330. The average molecular weight is 420 g/mol. The van der Waals surface area contributed by atoms with E-state index in [9.17, 15) is 9.59 Å². The third-order valence-electron chi connectivity index (χ3n) is 5.22. The summed E-state index contributed by atoms with van der Waals surface area (Å²) in [6.45, 7) is 2.85. The summed E-state index contributed by atoms with van der Waals surface area (Å²) in [5.74, 6) is 0.510. The van der Waals surface area contributed by atoms with Crippen LogP contribution in [0.1, 0.15) is 11.1 Å². The summed E-state index contributed by atoms with van der Waals surface area (Å²) in [4.78, 5) is 31.1. The van der Waals surface area contributed by atoms with Crippen LogP contribution in [-0.4, -0.2) is 39.5 Å². The van der Waals surface area contributed by atoms with Crippen molar-refractivity contribution in [3.8, 4) is 11.4 Å². The third kappa shape index (κ3) is 3.77. The Labute approximate surface area is 178 Å². The van der Waals surface area contributed by atoms with Gasteiger partial charge in [0.2, 0.25) is 0 Å². The quantitative estimate of drug-likeness (QED) is 0.459. The number of fused-ring (bicyclic) bond motifs is 1. The Kier molecular flexibility index (Phi) is 5.73. The van der Waals surface area contributed by atoms with Gasteiger partial charge in [0.1, 0.15) is 5.75 Å². The van der Waals surface area contributed by atoms with Gasteiger partial charge in [-0.1, -0.05) is 42.0 Å². The molecule has 8 nitrogen and oxygen atoms in total. The molecule has 0 aliphatic carbocycles. The van der Waals surface area contributed by atoms with Gasteiger partial charge in [-0.25, -0.2) is 14.3 Å². The van der Waals surface area contributed by atoms with Crippen molar-refractivity contribution in [3.05, 3.63) is 86.8 Å². The second kappa shape index (κ2) is 8.61. The highest BCUT2D eigenvalue weighted by Gasteiger charge is 2.21. The lowest BCUT2D eigenvalue weighted by molar-refractivity contribution is 0.184. The predicted molar refractivity (Wildman–Crippen MR) is 118 cm³/mol. The van der Waals surface area contributed by atoms with Gasteiger partial charge in [-0.05, 0) is 24.6 Å². The lowest BCUT2D eigenvalue weighted by Crippen LogP contribution is -2.41. The van der Waals surface area contributed by atoms with Crippen LogP contribution < -0.4 is 16.0 Å². The van der Waals surface area contributed by atoms with Crippen LogP contribution in [0.4, 0.5) is 0 Å². The first-order valence-electron chi connectivity index (χ1n) is 9.93. The highest BCUT2D eigenvalue weighted by Crippen LogP contribution is 2.23. The molecule has 0 bridgehead atoms. The molecule has 8 heteroatoms. The molecular weight excluding hydrogens is 396 g/mol. The molecule has 0 saturated heterocycles. The van der Waals surface area contributed by atoms with E-state index in [-0.39, 0.29) is 13.2 Å². The molecule has 0 aliphatic heterocycles. The van der Waals surface area contributed by atoms with Gasteiger partial charge in [-0.2, -0.15) is 0 Å². The van der Waals surface area contributed by atoms with Gasteiger partial charge < -0.3 is 14.0 Å². The van der Waals surface area contributed by atoms with E-state index >= 15 is 0 Å². The first-order valence-corrected chi connectivity index (χ1v) is 9.93. The number of nitrogens with zero attached hydrogens (tertiary/aromatic N) is 4. The Balaban J connectivity index is 1.99. The number of rotatable bonds is 7. The van der Waals surface area contributed by atoms with E-state index < -0.39 is 11.2 Å². The van der Waals surface area contributed by atoms with E-state index in [4.69, 9.17) is 9.47 Å². The van der Waals surface area contributed by atoms with E-state index in [2.05, 4.69) is 4.98 Å². The van der Waals surface area contributed by atoms with E-state index in [0.29, 0.717) is 29.1 Å². The maximum absolute atomic E-state index is 13.3. The Morgan fingerprint density at radius 2 is 1.74 bits per heavy atom. The summed E-state index contributed by atoms with van der Waals surface area (Å²) in [7, 11) is 3.07. The van der Waals surface area contributed by atoms with Gasteiger partial charge >= 0.3 is 5.69 Å². The number of ether oxygens (including phenoxy) is 2. The Hall–Kier alpha value is -3.65. The first kappa shape index (κ1) is 20.6. The molecule has 2 aromatic heterocycles. The van der Waals surface area contributed by atoms with E-state index in [1.165, 1.54) is 23.4 Å². The molecule has 4 rings (SSSR count). The van der Waals surface area contributed by atoms with Crippen molar-refractivity contribution in [2.24, 2.45) is 0 Å². The second-order valence-electron chi connectivity index (χ2n) is 7.27. The molecule has 4 aromatic rings. The minimum atomic E-state index is -0.486. The maximum atomic E-state index is 13.3. The summed E-state index contributed by atoms with van der Waals surface area (Å²) in [5, 5.41) is 0. The lowest BCUT2D eigenvalue weighted by Gasteiger charge is -2.14. The summed E-state index contributed by atoms with van der Waals surface area (Å²) in [6.07, 6.45) is 1.60. The summed E-state index contributed by atoms with van der Waals surface area (Å²) in [6, 6.07) is 15.2. The van der Waals surface area contributed by atoms with Crippen LogP contribution in [0.5, 0.6) is 5.75 Å². The topological polar surface area (TPSA) is 80.3 Å². The molecular formula is C23H24N4O4. The Morgan fingerprint density at radius 1 is 1.00 bits per heavy atom. The van der Waals surface area contributed by atoms with Gasteiger partial charge in [0.25, 0.3) is 5.56 Å². The normalized spacial score (nSPS) is 11.2. The summed E-state index contributed by atoms with van der Waals surface area (Å²) >= 11 is 0. The molecule has 2 aromatic carbocycles. The van der Waals surface area contributed by atoms with Crippen molar-refractivity contribution in [2.75, 3.05) is 20.8 Å². The zero-order valence-corrected chi connectivity index (χ0v) is 17.7. The minimum Gasteiger partial charge on any atom is -0.495 e. The summed E-state index contributed by atoms with van der Waals surface area (Å²) < 4.78 is 15.0. The van der Waals surface area contributed by atoms with Crippen molar-refractivity contribution < 1.29 is 9.47 Å². The largest absolute Gasteiger partial charge is 0.495 e. The Morgan fingerprint density at radius 3 is 2.45 bits per heavy atom. The number of para-hydroxylation sites is 2. The van der Waals surface area contributed by atoms with Gasteiger partial charge in [-0.15, -0.1) is 0 Å². The van der Waals surface area contributed by atoms with Crippen LogP contribution >= 0.6 is 0 Å². The number of hydrogen-bond acceptors (Lipinski definition) is 5. The second-order valence-corrected chi connectivity index (χ2v) is 7.27. The van der Waals surface area contributed by atoms with E-state index in [1.807, 2.05) is 43.3 Å². The fraction of sp³-hybridized carbons (Fsp3) is 0.261. The number of hydrogen-bond donors (Lipinski definition) is 0. The molecule has 2 heterocycles. The minimum absolute atomic E-state index is 0.134. The van der Waals surface area contributed by atoms with Crippen molar-refractivity contribution in [1.82, 2.24) is 18.7 Å². The van der Waals surface area contributed by atoms with Crippen LogP contribution in [0, 0.1) is 6.92 Å². The number of benzene rings is 2. The fourth-order valence-electron chi connectivity index (χ4n) is 3.60. The van der Waals surface area contributed by atoms with Crippen LogP contribution in [0.2, 0.25) is 0 Å². The number of methoxy groups -OCH3 is 2. The van der Waals surface area contributed by atoms with Crippen molar-refractivity contribution in [3.63, 3.8) is 0 Å². The third-order valence-corrected chi connectivity index (χ3v) is 5.22. The van der Waals surface area contributed by atoms with Gasteiger partial charge in [-0.3, -0.25) is 9.36 Å². The molecule has 0 aliphatic rings. The van der Waals surface area contributed by atoms with Crippen molar-refractivity contribution in [1.29, 1.82) is 0 Å². The van der Waals surface area contributed by atoms with Crippen LogP contribution in [0.25, 0.3) is 16.9 Å². The standard InChI is InChI=1S/C23H24N4O4/c1-16-8-10-17(11-9-16)14-25-15-24-21-20(25)22(28)26(12-13-30-2)23(29)27(21)18-6-4-5-7-19(18)31-3/h4-11,15H,12-14H2,1-3H3. The molecule has 0 atom stereocenters. The molecule has 160 valence electrons. The van der Waals surface area contributed by atoms with Crippen molar-refractivity contribution >= 4 is 11.2 Å². The molecule has 31 heavy (non-hydrogen) atoms. The zero-order valence-electron chi connectivity index (χ0n) is 17.7. The molecule has 0 spiro atoms. The van der Waals surface area contributed by atoms with Gasteiger partial charge in [0.05, 0.1) is 32.3 Å². The van der Waals surface area contributed by atoms with Crippen LogP contribution in [0.15, 0.2) is 64.4 Å². The number of imidazole rings is 1. The van der Waals surface area contributed by atoms with E-state index in [0.717, 1.165) is 11.1 Å². The SMILES string of the molecule is COCCn1c(=O)c2c(ncn2Cc2ccc(C)cc2)n(-c2ccccc2OC)c1=O. The molecule has 0 radical (unpaired) electrons. The highest BCUT2D eigenvalue weighted by atomic mass is 16.5. The zero-order chi connectivity index (χ0) is 22.0. The van der Waals surface area contributed by atoms with Crippen LogP contribution in [-0.2, 0) is 17.8 Å². The molecule has 0 amide bonds. The fourth-order valence-corrected chi connectivity index (χ4v) is 3.60. The van der Waals surface area contributed by atoms with Crippen LogP contribution in [0.3, 0.4) is 0 Å². The molecule has 0 N–H and O–H groups in total. The molecule has 0 unspecified atom stereocenters. The summed E-state index contributed by atoms with van der Waals surface area (Å²) in [5.41, 5.74) is 2.47. The number of aromatic nitrogens is 4. The van der Waals surface area contributed by atoms with E-state index in [1.54, 1.807) is 23.0 Å². The van der Waals surface area contributed by atoms with Gasteiger partial charge in [0, 0.05) is 13.7 Å². The maximum Gasteiger partial charge on any atom is 0.337 e. The smallest absolute Gasteiger partial charge is 0.337 e. The first-order chi connectivity index (χ1) is 15.0.